The van der Waals surface area contributed by atoms with Crippen molar-refractivity contribution >= 4 is 17.7 Å². The number of amides is 1. The van der Waals surface area contributed by atoms with Crippen LogP contribution in [0.25, 0.3) is 0 Å². The van der Waals surface area contributed by atoms with Crippen molar-refractivity contribution in [2.24, 2.45) is 0 Å². The van der Waals surface area contributed by atoms with E-state index in [1.165, 1.54) is 29.7 Å². The summed E-state index contributed by atoms with van der Waals surface area (Å²) < 4.78 is 0.227. The van der Waals surface area contributed by atoms with Crippen LogP contribution >= 0.6 is 11.8 Å². The van der Waals surface area contributed by atoms with Crippen molar-refractivity contribution < 1.29 is 4.79 Å². The first-order valence-corrected chi connectivity index (χ1v) is 8.29. The molecule has 1 N–H and O–H groups in total. The minimum absolute atomic E-state index is 0.0427. The van der Waals surface area contributed by atoms with Crippen LogP contribution in [0.3, 0.4) is 0 Å². The molecule has 2 aliphatic heterocycles. The summed E-state index contributed by atoms with van der Waals surface area (Å²) in [6.07, 6.45) is 2.52. The highest BCUT2D eigenvalue weighted by Crippen LogP contribution is 2.40. The van der Waals surface area contributed by atoms with E-state index in [-0.39, 0.29) is 16.8 Å². The molecule has 1 aromatic carbocycles. The van der Waals surface area contributed by atoms with Crippen LogP contribution in [0.1, 0.15) is 37.1 Å². The zero-order valence-corrected chi connectivity index (χ0v) is 13.0. The molecule has 2 atom stereocenters. The van der Waals surface area contributed by atoms with Crippen molar-refractivity contribution in [1.82, 2.24) is 10.2 Å². The summed E-state index contributed by atoms with van der Waals surface area (Å²) in [7, 11) is 0. The average molecular weight is 290 g/mol. The van der Waals surface area contributed by atoms with Crippen molar-refractivity contribution in [2.45, 2.75) is 37.6 Å². The quantitative estimate of drug-likeness (QED) is 0.929. The van der Waals surface area contributed by atoms with E-state index in [4.69, 9.17) is 0 Å². The van der Waals surface area contributed by atoms with E-state index in [9.17, 15) is 4.79 Å². The van der Waals surface area contributed by atoms with Gasteiger partial charge in [-0.3, -0.25) is 10.1 Å². The number of thioether (sulfide) groups is 1. The molecule has 3 nitrogen and oxygen atoms in total. The summed E-state index contributed by atoms with van der Waals surface area (Å²) >= 11 is 2.01. The number of nitrogens with zero attached hydrogens (tertiary/aromatic N) is 1. The summed E-state index contributed by atoms with van der Waals surface area (Å²) in [4.78, 5) is 14.2. The summed E-state index contributed by atoms with van der Waals surface area (Å²) in [6.45, 7) is 5.69. The number of rotatable bonds is 3. The number of aryl methyl sites for hydroxylation is 1. The van der Waals surface area contributed by atoms with E-state index in [0.29, 0.717) is 6.54 Å². The predicted octanol–water partition coefficient (Wildman–Crippen LogP) is 2.71. The minimum atomic E-state index is 0.0427. The van der Waals surface area contributed by atoms with Crippen LogP contribution in [0.2, 0.25) is 0 Å². The second kappa shape index (κ2) is 5.41. The van der Waals surface area contributed by atoms with E-state index < -0.39 is 0 Å². The summed E-state index contributed by atoms with van der Waals surface area (Å²) in [5.41, 5.74) is 2.44. The SMILES string of the molecule is Cc1ccc(C2NCC(=O)N2CC2(C)CCCS2)cc1. The van der Waals surface area contributed by atoms with Gasteiger partial charge in [0.1, 0.15) is 6.17 Å². The van der Waals surface area contributed by atoms with Crippen LogP contribution in [0, 0.1) is 6.92 Å². The highest BCUT2D eigenvalue weighted by atomic mass is 32.2. The van der Waals surface area contributed by atoms with Crippen LogP contribution in [-0.4, -0.2) is 34.4 Å². The normalized spacial score (nSPS) is 30.2. The Labute approximate surface area is 125 Å². The Kier molecular flexibility index (Phi) is 3.78. The number of carbonyl (C=O) groups excluding carboxylic acids is 1. The van der Waals surface area contributed by atoms with Crippen molar-refractivity contribution in [3.05, 3.63) is 35.4 Å². The van der Waals surface area contributed by atoms with Gasteiger partial charge in [-0.25, -0.2) is 0 Å². The van der Waals surface area contributed by atoms with Gasteiger partial charge in [0.05, 0.1) is 6.54 Å². The fourth-order valence-corrected chi connectivity index (χ4v) is 4.39. The number of carbonyl (C=O) groups is 1. The van der Waals surface area contributed by atoms with Gasteiger partial charge in [0, 0.05) is 11.3 Å². The van der Waals surface area contributed by atoms with E-state index in [1.54, 1.807) is 0 Å². The lowest BCUT2D eigenvalue weighted by Gasteiger charge is -2.33. The molecule has 0 radical (unpaired) electrons. The van der Waals surface area contributed by atoms with Gasteiger partial charge in [-0.1, -0.05) is 29.8 Å². The molecule has 1 amide bonds. The summed E-state index contributed by atoms with van der Waals surface area (Å²) in [5.74, 6) is 1.45. The Bertz CT molecular complexity index is 494. The van der Waals surface area contributed by atoms with E-state index in [2.05, 4.69) is 43.4 Å². The van der Waals surface area contributed by atoms with Crippen LogP contribution in [-0.2, 0) is 4.79 Å². The van der Waals surface area contributed by atoms with Crippen molar-refractivity contribution in [1.29, 1.82) is 0 Å². The fraction of sp³-hybridized carbons (Fsp3) is 0.562. The smallest absolute Gasteiger partial charge is 0.238 e. The van der Waals surface area contributed by atoms with E-state index in [0.717, 1.165) is 6.54 Å². The average Bonchev–Trinajstić information content (AvgIpc) is 3.00. The van der Waals surface area contributed by atoms with Gasteiger partial charge in [0.2, 0.25) is 5.91 Å². The zero-order chi connectivity index (χ0) is 14.2. The molecule has 0 saturated carbocycles. The molecule has 2 unspecified atom stereocenters. The van der Waals surface area contributed by atoms with Gasteiger partial charge in [0.15, 0.2) is 0 Å². The van der Waals surface area contributed by atoms with Crippen LogP contribution in [0.5, 0.6) is 0 Å². The molecule has 0 bridgehead atoms. The minimum Gasteiger partial charge on any atom is -0.320 e. The van der Waals surface area contributed by atoms with Gasteiger partial charge >= 0.3 is 0 Å². The molecular formula is C16H22N2OS. The molecule has 1 aromatic rings. The third-order valence-electron chi connectivity index (χ3n) is 4.28. The molecule has 4 heteroatoms. The second-order valence-electron chi connectivity index (χ2n) is 6.12. The highest BCUT2D eigenvalue weighted by molar-refractivity contribution is 8.00. The lowest BCUT2D eigenvalue weighted by Crippen LogP contribution is -2.40. The van der Waals surface area contributed by atoms with Crippen molar-refractivity contribution in [3.8, 4) is 0 Å². The molecule has 108 valence electrons. The fourth-order valence-electron chi connectivity index (χ4n) is 3.09. The van der Waals surface area contributed by atoms with Gasteiger partial charge in [0.25, 0.3) is 0 Å². The first kappa shape index (κ1) is 14.0. The van der Waals surface area contributed by atoms with Gasteiger partial charge in [-0.2, -0.15) is 11.8 Å². The van der Waals surface area contributed by atoms with Gasteiger partial charge in [-0.15, -0.1) is 0 Å². The van der Waals surface area contributed by atoms with Crippen LogP contribution in [0.15, 0.2) is 24.3 Å². The third-order valence-corrected chi connectivity index (χ3v) is 5.80. The highest BCUT2D eigenvalue weighted by Gasteiger charge is 2.39. The van der Waals surface area contributed by atoms with Crippen LogP contribution in [0.4, 0.5) is 0 Å². The Hall–Kier alpha value is -1.00. The van der Waals surface area contributed by atoms with Crippen molar-refractivity contribution in [2.75, 3.05) is 18.8 Å². The molecule has 20 heavy (non-hydrogen) atoms. The maximum absolute atomic E-state index is 12.2. The Balaban J connectivity index is 1.79. The third kappa shape index (κ3) is 2.72. The molecule has 2 saturated heterocycles. The molecular weight excluding hydrogens is 268 g/mol. The van der Waals surface area contributed by atoms with E-state index >= 15 is 0 Å². The standard InChI is InChI=1S/C16H22N2OS/c1-12-4-6-13(7-5-12)15-17-10-14(19)18(15)11-16(2)8-3-9-20-16/h4-7,15,17H,3,8-11H2,1-2H3. The molecule has 2 heterocycles. The molecule has 0 aromatic heterocycles. The maximum Gasteiger partial charge on any atom is 0.238 e. The van der Waals surface area contributed by atoms with Gasteiger partial charge < -0.3 is 4.90 Å². The molecule has 2 fully saturated rings. The lowest BCUT2D eigenvalue weighted by atomic mass is 10.0. The predicted molar refractivity (Wildman–Crippen MR) is 83.7 cm³/mol. The molecule has 2 aliphatic rings. The number of benzene rings is 1. The van der Waals surface area contributed by atoms with E-state index in [1.807, 2.05) is 16.7 Å². The Morgan fingerprint density at radius 2 is 2.15 bits per heavy atom. The summed E-state index contributed by atoms with van der Waals surface area (Å²) in [6, 6.07) is 8.49. The monoisotopic (exact) mass is 290 g/mol. The maximum atomic E-state index is 12.2. The first-order valence-electron chi connectivity index (χ1n) is 7.31. The van der Waals surface area contributed by atoms with Crippen LogP contribution < -0.4 is 5.32 Å². The molecule has 0 aliphatic carbocycles. The second-order valence-corrected chi connectivity index (χ2v) is 7.80. The number of hydrogen-bond acceptors (Lipinski definition) is 3. The Morgan fingerprint density at radius 3 is 2.80 bits per heavy atom. The number of hydrogen-bond donors (Lipinski definition) is 1. The van der Waals surface area contributed by atoms with Gasteiger partial charge in [-0.05, 0) is 38.0 Å². The Morgan fingerprint density at radius 1 is 1.40 bits per heavy atom. The first-order chi connectivity index (χ1) is 9.57. The van der Waals surface area contributed by atoms with Crippen molar-refractivity contribution in [3.63, 3.8) is 0 Å². The topological polar surface area (TPSA) is 32.3 Å². The zero-order valence-electron chi connectivity index (χ0n) is 12.2. The largest absolute Gasteiger partial charge is 0.320 e. The summed E-state index contributed by atoms with van der Waals surface area (Å²) in [5, 5.41) is 3.35. The lowest BCUT2D eigenvalue weighted by molar-refractivity contribution is -0.128. The number of nitrogens with one attached hydrogen (secondary N) is 1. The molecule has 0 spiro atoms. The molecule has 3 rings (SSSR count).